The van der Waals surface area contributed by atoms with Gasteiger partial charge in [0.25, 0.3) is 5.91 Å². The molecule has 6 nitrogen and oxygen atoms in total. The minimum Gasteiger partial charge on any atom is -0.480 e. The maximum absolute atomic E-state index is 11.9. The molecule has 0 aliphatic carbocycles. The second kappa shape index (κ2) is 8.23. The van der Waals surface area contributed by atoms with Gasteiger partial charge < -0.3 is 19.9 Å². The van der Waals surface area contributed by atoms with Crippen molar-refractivity contribution in [1.82, 2.24) is 5.32 Å². The molecule has 0 aliphatic heterocycles. The van der Waals surface area contributed by atoms with Crippen LogP contribution in [0.25, 0.3) is 0 Å². The quantitative estimate of drug-likeness (QED) is 0.673. The van der Waals surface area contributed by atoms with E-state index >= 15 is 0 Å². The number of hydrogen-bond acceptors (Lipinski definition) is 4. The summed E-state index contributed by atoms with van der Waals surface area (Å²) in [5.41, 5.74) is 0.758. The van der Waals surface area contributed by atoms with E-state index in [1.54, 1.807) is 12.1 Å². The largest absolute Gasteiger partial charge is 0.480 e. The van der Waals surface area contributed by atoms with E-state index < -0.39 is 12.1 Å². The number of nitrogens with one attached hydrogen (secondary N) is 1. The molecule has 0 heterocycles. The first-order valence-corrected chi connectivity index (χ1v) is 5.80. The molecule has 0 bridgehead atoms. The number of benzene rings is 1. The molecule has 1 unspecified atom stereocenters. The molecule has 6 heteroatoms. The summed E-state index contributed by atoms with van der Waals surface area (Å²) in [6.45, 7) is 0.00430. The number of methoxy groups -OCH3 is 1. The van der Waals surface area contributed by atoms with Gasteiger partial charge >= 0.3 is 5.97 Å². The number of amides is 1. The maximum atomic E-state index is 11.9. The fraction of sp³-hybridized carbons (Fsp3) is 0.385. The topological polar surface area (TPSA) is 84.9 Å². The van der Waals surface area contributed by atoms with Gasteiger partial charge in [0.15, 0.2) is 6.10 Å². The first-order valence-electron chi connectivity index (χ1n) is 5.80. The minimum absolute atomic E-state index is 0.142. The molecule has 2 N–H and O–H groups in total. The van der Waals surface area contributed by atoms with Crippen LogP contribution in [0.3, 0.4) is 0 Å². The zero-order valence-corrected chi connectivity index (χ0v) is 10.7. The Morgan fingerprint density at radius 3 is 2.58 bits per heavy atom. The van der Waals surface area contributed by atoms with Crippen LogP contribution in [0.4, 0.5) is 0 Å². The first-order chi connectivity index (χ1) is 9.15. The lowest BCUT2D eigenvalue weighted by molar-refractivity contribution is -0.142. The van der Waals surface area contributed by atoms with Crippen LogP contribution in [-0.4, -0.2) is 43.9 Å². The Labute approximate surface area is 111 Å². The van der Waals surface area contributed by atoms with E-state index in [4.69, 9.17) is 14.6 Å². The van der Waals surface area contributed by atoms with E-state index in [1.165, 1.54) is 7.11 Å². The lowest BCUT2D eigenvalue weighted by atomic mass is 10.1. The summed E-state index contributed by atoms with van der Waals surface area (Å²) in [6, 6.07) is 9.10. The van der Waals surface area contributed by atoms with Crippen LogP contribution in [0.1, 0.15) is 11.7 Å². The molecule has 0 saturated carbocycles. The fourth-order valence-corrected chi connectivity index (χ4v) is 1.52. The standard InChI is InChI=1S/C13H17NO5/c1-18-12(10-5-3-2-4-6-10)13(17)14-7-8-19-9-11(15)16/h2-6,12H,7-9H2,1H3,(H,14,17)(H,15,16). The van der Waals surface area contributed by atoms with Gasteiger partial charge in [-0.3, -0.25) is 4.79 Å². The van der Waals surface area contributed by atoms with Crippen LogP contribution in [0, 0.1) is 0 Å². The molecular formula is C13H17NO5. The number of rotatable bonds is 8. The normalized spacial score (nSPS) is 11.8. The zero-order chi connectivity index (χ0) is 14.1. The first kappa shape index (κ1) is 15.1. The highest BCUT2D eigenvalue weighted by Gasteiger charge is 2.18. The second-order valence-electron chi connectivity index (χ2n) is 3.76. The van der Waals surface area contributed by atoms with Crippen molar-refractivity contribution in [1.29, 1.82) is 0 Å². The highest BCUT2D eigenvalue weighted by Crippen LogP contribution is 2.15. The van der Waals surface area contributed by atoms with E-state index in [0.29, 0.717) is 0 Å². The van der Waals surface area contributed by atoms with Crippen molar-refractivity contribution >= 4 is 11.9 Å². The SMILES string of the molecule is COC(C(=O)NCCOCC(=O)O)c1ccccc1. The molecule has 0 fully saturated rings. The van der Waals surface area contributed by atoms with E-state index in [9.17, 15) is 9.59 Å². The number of hydrogen-bond donors (Lipinski definition) is 2. The van der Waals surface area contributed by atoms with Crippen molar-refractivity contribution in [2.24, 2.45) is 0 Å². The van der Waals surface area contributed by atoms with Crippen LogP contribution in [0.15, 0.2) is 30.3 Å². The van der Waals surface area contributed by atoms with Crippen molar-refractivity contribution in [3.63, 3.8) is 0 Å². The van der Waals surface area contributed by atoms with Gasteiger partial charge in [-0.25, -0.2) is 4.79 Å². The fourth-order valence-electron chi connectivity index (χ4n) is 1.52. The lowest BCUT2D eigenvalue weighted by Crippen LogP contribution is -2.33. The van der Waals surface area contributed by atoms with Crippen molar-refractivity contribution < 1.29 is 24.2 Å². The Kier molecular flexibility index (Phi) is 6.56. The van der Waals surface area contributed by atoms with Crippen LogP contribution >= 0.6 is 0 Å². The van der Waals surface area contributed by atoms with E-state index in [2.05, 4.69) is 5.32 Å². The van der Waals surface area contributed by atoms with Crippen LogP contribution in [-0.2, 0) is 19.1 Å². The Bertz CT molecular complexity index is 407. The number of carboxylic acids is 1. The smallest absolute Gasteiger partial charge is 0.329 e. The van der Waals surface area contributed by atoms with Gasteiger partial charge in [-0.1, -0.05) is 30.3 Å². The van der Waals surface area contributed by atoms with Gasteiger partial charge in [-0.2, -0.15) is 0 Å². The third kappa shape index (κ3) is 5.50. The monoisotopic (exact) mass is 267 g/mol. The molecule has 0 saturated heterocycles. The van der Waals surface area contributed by atoms with Gasteiger partial charge in [0, 0.05) is 13.7 Å². The average Bonchev–Trinajstić information content (AvgIpc) is 2.40. The molecule has 1 aromatic carbocycles. The number of carboxylic acid groups (broad SMARTS) is 1. The van der Waals surface area contributed by atoms with E-state index in [0.717, 1.165) is 5.56 Å². The van der Waals surface area contributed by atoms with Gasteiger partial charge in [0.05, 0.1) is 6.61 Å². The third-order valence-electron chi connectivity index (χ3n) is 2.35. The summed E-state index contributed by atoms with van der Waals surface area (Å²) in [6.07, 6.45) is -0.680. The number of carbonyl (C=O) groups excluding carboxylic acids is 1. The molecule has 1 aromatic rings. The minimum atomic E-state index is -1.04. The van der Waals surface area contributed by atoms with Gasteiger partial charge in [-0.15, -0.1) is 0 Å². The van der Waals surface area contributed by atoms with E-state index in [1.807, 2.05) is 18.2 Å². The van der Waals surface area contributed by atoms with Gasteiger partial charge in [0.2, 0.25) is 0 Å². The Morgan fingerprint density at radius 2 is 2.00 bits per heavy atom. The molecule has 0 spiro atoms. The second-order valence-corrected chi connectivity index (χ2v) is 3.76. The summed E-state index contributed by atoms with van der Waals surface area (Å²) in [4.78, 5) is 22.1. The van der Waals surface area contributed by atoms with Crippen molar-refractivity contribution in [2.45, 2.75) is 6.10 Å². The molecule has 104 valence electrons. The summed E-state index contributed by atoms with van der Waals surface area (Å²) in [5, 5.41) is 11.0. The molecule has 1 amide bonds. The highest BCUT2D eigenvalue weighted by atomic mass is 16.5. The van der Waals surface area contributed by atoms with Crippen LogP contribution in [0.2, 0.25) is 0 Å². The van der Waals surface area contributed by atoms with Crippen molar-refractivity contribution in [3.05, 3.63) is 35.9 Å². The Morgan fingerprint density at radius 1 is 1.32 bits per heavy atom. The average molecular weight is 267 g/mol. The summed E-state index contributed by atoms with van der Waals surface area (Å²) < 4.78 is 9.96. The Hall–Kier alpha value is -1.92. The van der Waals surface area contributed by atoms with Crippen molar-refractivity contribution in [2.75, 3.05) is 26.9 Å². The van der Waals surface area contributed by atoms with Crippen molar-refractivity contribution in [3.8, 4) is 0 Å². The van der Waals surface area contributed by atoms with Gasteiger partial charge in [-0.05, 0) is 5.56 Å². The molecule has 19 heavy (non-hydrogen) atoms. The van der Waals surface area contributed by atoms with Gasteiger partial charge in [0.1, 0.15) is 6.61 Å². The summed E-state index contributed by atoms with van der Waals surface area (Å²) >= 11 is 0. The molecule has 1 atom stereocenters. The lowest BCUT2D eigenvalue weighted by Gasteiger charge is -2.15. The molecule has 1 rings (SSSR count). The Balaban J connectivity index is 2.37. The number of ether oxygens (including phenoxy) is 2. The molecule has 0 aliphatic rings. The summed E-state index contributed by atoms with van der Waals surface area (Å²) in [5.74, 6) is -1.32. The number of carbonyl (C=O) groups is 2. The summed E-state index contributed by atoms with van der Waals surface area (Å²) in [7, 11) is 1.46. The highest BCUT2D eigenvalue weighted by molar-refractivity contribution is 5.82. The predicted octanol–water partition coefficient (Wildman–Crippen LogP) is 0.592. The number of aliphatic carboxylic acids is 1. The molecular weight excluding hydrogens is 250 g/mol. The molecule has 0 radical (unpaired) electrons. The predicted molar refractivity (Wildman–Crippen MR) is 67.7 cm³/mol. The zero-order valence-electron chi connectivity index (χ0n) is 10.7. The molecule has 0 aromatic heterocycles. The maximum Gasteiger partial charge on any atom is 0.329 e. The third-order valence-corrected chi connectivity index (χ3v) is 2.35. The van der Waals surface area contributed by atoms with Crippen LogP contribution < -0.4 is 5.32 Å². The van der Waals surface area contributed by atoms with E-state index in [-0.39, 0.29) is 25.7 Å². The van der Waals surface area contributed by atoms with Crippen LogP contribution in [0.5, 0.6) is 0 Å².